The summed E-state index contributed by atoms with van der Waals surface area (Å²) >= 11 is 3.38. The number of anilines is 3. The van der Waals surface area contributed by atoms with E-state index >= 15 is 0 Å². The van der Waals surface area contributed by atoms with E-state index in [2.05, 4.69) is 36.5 Å². The highest BCUT2D eigenvalue weighted by molar-refractivity contribution is 9.10. The smallest absolute Gasteiger partial charge is 0.353 e. The highest BCUT2D eigenvalue weighted by Gasteiger charge is 2.23. The molecular weight excluding hydrogens is 405 g/mol. The summed E-state index contributed by atoms with van der Waals surface area (Å²) in [4.78, 5) is 19.0. The average molecular weight is 418 g/mol. The highest BCUT2D eigenvalue weighted by atomic mass is 79.9. The summed E-state index contributed by atoms with van der Waals surface area (Å²) in [7, 11) is 0. The molecule has 0 saturated carbocycles. The Labute approximate surface area is 156 Å². The molecule has 0 aliphatic rings. The van der Waals surface area contributed by atoms with Gasteiger partial charge in [0, 0.05) is 11.0 Å². The van der Waals surface area contributed by atoms with Crippen LogP contribution in [0.1, 0.15) is 5.56 Å². The third-order valence-corrected chi connectivity index (χ3v) is 4.20. The molecule has 0 atom stereocenters. The van der Waals surface area contributed by atoms with E-state index in [0.717, 1.165) is 10.0 Å². The fourth-order valence-corrected chi connectivity index (χ4v) is 2.63. The molecule has 0 amide bonds. The molecule has 3 aromatic rings. The Morgan fingerprint density at radius 2 is 1.77 bits per heavy atom. The van der Waals surface area contributed by atoms with Gasteiger partial charge in [-0.25, -0.2) is 14.4 Å². The van der Waals surface area contributed by atoms with Crippen LogP contribution in [0.4, 0.5) is 27.4 Å². The molecule has 2 N–H and O–H groups in total. The lowest BCUT2D eigenvalue weighted by Crippen LogP contribution is -2.08. The normalized spacial score (nSPS) is 10.4. The number of benzene rings is 2. The fraction of sp³-hybridized carbons (Fsp3) is 0.0588. The van der Waals surface area contributed by atoms with Crippen LogP contribution in [0.5, 0.6) is 0 Å². The molecule has 0 aliphatic carbocycles. The van der Waals surface area contributed by atoms with Crippen LogP contribution in [0.15, 0.2) is 59.3 Å². The van der Waals surface area contributed by atoms with Gasteiger partial charge in [-0.2, -0.15) is 0 Å². The van der Waals surface area contributed by atoms with Crippen LogP contribution in [0.3, 0.4) is 0 Å². The number of nitrogens with one attached hydrogen (secondary N) is 2. The number of para-hydroxylation sites is 1. The van der Waals surface area contributed by atoms with Crippen molar-refractivity contribution in [3.8, 4) is 0 Å². The van der Waals surface area contributed by atoms with Crippen molar-refractivity contribution in [2.45, 2.75) is 6.54 Å². The fourth-order valence-electron chi connectivity index (χ4n) is 2.25. The molecule has 0 aliphatic heterocycles. The Morgan fingerprint density at radius 3 is 2.46 bits per heavy atom. The highest BCUT2D eigenvalue weighted by Crippen LogP contribution is 2.33. The Hall–Kier alpha value is -3.07. The third-order valence-electron chi connectivity index (χ3n) is 3.50. The topological polar surface area (TPSA) is 93.0 Å². The first kappa shape index (κ1) is 17.7. The Bertz CT molecular complexity index is 937. The summed E-state index contributed by atoms with van der Waals surface area (Å²) in [6, 6.07) is 13.0. The molecule has 0 saturated heterocycles. The molecule has 2 aromatic carbocycles. The molecular formula is C17H13BrFN5O2. The summed E-state index contributed by atoms with van der Waals surface area (Å²) < 4.78 is 13.7. The monoisotopic (exact) mass is 417 g/mol. The van der Waals surface area contributed by atoms with E-state index in [4.69, 9.17) is 0 Å². The number of aromatic nitrogens is 2. The Kier molecular flexibility index (Phi) is 5.37. The maximum absolute atomic E-state index is 13.0. The average Bonchev–Trinajstić information content (AvgIpc) is 2.63. The van der Waals surface area contributed by atoms with E-state index in [9.17, 15) is 14.5 Å². The minimum absolute atomic E-state index is 0.0681. The molecule has 1 heterocycles. The maximum Gasteiger partial charge on any atom is 0.353 e. The number of nitrogens with zero attached hydrogens (tertiary/aromatic N) is 3. The van der Waals surface area contributed by atoms with Crippen LogP contribution in [0.2, 0.25) is 0 Å². The van der Waals surface area contributed by atoms with Gasteiger partial charge >= 0.3 is 5.69 Å². The van der Waals surface area contributed by atoms with Crippen LogP contribution < -0.4 is 10.6 Å². The number of nitro groups is 1. The van der Waals surface area contributed by atoms with Gasteiger partial charge in [0.25, 0.3) is 0 Å². The molecule has 0 bridgehead atoms. The van der Waals surface area contributed by atoms with E-state index in [1.54, 1.807) is 24.3 Å². The van der Waals surface area contributed by atoms with E-state index in [1.807, 2.05) is 12.1 Å². The van der Waals surface area contributed by atoms with Gasteiger partial charge in [0.15, 0.2) is 0 Å². The zero-order chi connectivity index (χ0) is 18.5. The van der Waals surface area contributed by atoms with Gasteiger partial charge in [0.1, 0.15) is 12.1 Å². The zero-order valence-electron chi connectivity index (χ0n) is 13.3. The van der Waals surface area contributed by atoms with Gasteiger partial charge in [-0.1, -0.05) is 24.3 Å². The number of hydrogen-bond donors (Lipinski definition) is 2. The van der Waals surface area contributed by atoms with E-state index < -0.39 is 4.92 Å². The molecule has 132 valence electrons. The molecule has 1 aromatic heterocycles. The van der Waals surface area contributed by atoms with Gasteiger partial charge in [-0.05, 0) is 45.8 Å². The number of rotatable bonds is 6. The largest absolute Gasteiger partial charge is 0.360 e. The first-order chi connectivity index (χ1) is 12.5. The van der Waals surface area contributed by atoms with Gasteiger partial charge in [-0.3, -0.25) is 10.1 Å². The predicted octanol–water partition coefficient (Wildman–Crippen LogP) is 4.64. The van der Waals surface area contributed by atoms with Gasteiger partial charge < -0.3 is 10.6 Å². The van der Waals surface area contributed by atoms with Crippen LogP contribution in [0, 0.1) is 15.9 Å². The quantitative estimate of drug-likeness (QED) is 0.448. The molecule has 9 heteroatoms. The lowest BCUT2D eigenvalue weighted by Gasteiger charge is -2.11. The SMILES string of the molecule is O=[N+]([O-])c1c(NCc2ccc(F)cc2)ncnc1Nc1ccccc1Br. The van der Waals surface area contributed by atoms with Gasteiger partial charge in [0.05, 0.1) is 10.6 Å². The van der Waals surface area contributed by atoms with Crippen molar-refractivity contribution in [3.63, 3.8) is 0 Å². The molecule has 3 rings (SSSR count). The van der Waals surface area contributed by atoms with Crippen molar-refractivity contribution in [1.82, 2.24) is 9.97 Å². The first-order valence-corrected chi connectivity index (χ1v) is 8.33. The molecule has 0 unspecified atom stereocenters. The minimum Gasteiger partial charge on any atom is -0.360 e. The summed E-state index contributed by atoms with van der Waals surface area (Å²) in [6.07, 6.45) is 1.24. The number of halogens is 2. The molecule has 0 fully saturated rings. The van der Waals surface area contributed by atoms with Crippen LogP contribution >= 0.6 is 15.9 Å². The summed E-state index contributed by atoms with van der Waals surface area (Å²) in [5, 5.41) is 17.4. The molecule has 7 nitrogen and oxygen atoms in total. The van der Waals surface area contributed by atoms with Crippen molar-refractivity contribution in [1.29, 1.82) is 0 Å². The second-order valence-electron chi connectivity index (χ2n) is 5.26. The van der Waals surface area contributed by atoms with Crippen LogP contribution in [-0.4, -0.2) is 14.9 Å². The summed E-state index contributed by atoms with van der Waals surface area (Å²) in [6.45, 7) is 0.257. The van der Waals surface area contributed by atoms with Gasteiger partial charge in [0.2, 0.25) is 11.6 Å². The van der Waals surface area contributed by atoms with E-state index in [-0.39, 0.29) is 29.7 Å². The van der Waals surface area contributed by atoms with Crippen molar-refractivity contribution >= 4 is 38.9 Å². The van der Waals surface area contributed by atoms with Crippen molar-refractivity contribution < 1.29 is 9.31 Å². The van der Waals surface area contributed by atoms with Crippen LogP contribution in [-0.2, 0) is 6.54 Å². The second-order valence-corrected chi connectivity index (χ2v) is 6.12. The van der Waals surface area contributed by atoms with Gasteiger partial charge in [-0.15, -0.1) is 0 Å². The minimum atomic E-state index is -0.549. The standard InChI is InChI=1S/C17H13BrFN5O2/c18-13-3-1-2-4-14(13)23-17-15(24(25)26)16(21-10-22-17)20-9-11-5-7-12(19)8-6-11/h1-8,10H,9H2,(H2,20,21,22,23). The molecule has 0 spiro atoms. The third kappa shape index (κ3) is 4.12. The molecule has 0 radical (unpaired) electrons. The maximum atomic E-state index is 13.0. The zero-order valence-corrected chi connectivity index (χ0v) is 14.9. The van der Waals surface area contributed by atoms with E-state index in [1.165, 1.54) is 18.5 Å². The lowest BCUT2D eigenvalue weighted by atomic mass is 10.2. The van der Waals surface area contributed by atoms with Crippen molar-refractivity contribution in [2.75, 3.05) is 10.6 Å². The lowest BCUT2D eigenvalue weighted by molar-refractivity contribution is -0.383. The molecule has 26 heavy (non-hydrogen) atoms. The van der Waals surface area contributed by atoms with Crippen molar-refractivity contribution in [2.24, 2.45) is 0 Å². The first-order valence-electron chi connectivity index (χ1n) is 7.54. The Balaban J connectivity index is 1.87. The Morgan fingerprint density at radius 1 is 1.08 bits per heavy atom. The summed E-state index contributed by atoms with van der Waals surface area (Å²) in [5.74, 6) is -0.205. The van der Waals surface area contributed by atoms with E-state index in [0.29, 0.717) is 5.69 Å². The van der Waals surface area contributed by atoms with Crippen molar-refractivity contribution in [3.05, 3.63) is 80.8 Å². The predicted molar refractivity (Wildman–Crippen MR) is 99.8 cm³/mol. The number of hydrogen-bond acceptors (Lipinski definition) is 6. The second kappa shape index (κ2) is 7.87. The van der Waals surface area contributed by atoms with Crippen LogP contribution in [0.25, 0.3) is 0 Å². The summed E-state index contributed by atoms with van der Waals surface area (Å²) in [5.41, 5.74) is 1.13.